The second-order valence-corrected chi connectivity index (χ2v) is 8.43. The van der Waals surface area contributed by atoms with Crippen molar-refractivity contribution in [2.45, 2.75) is 46.5 Å². The van der Waals surface area contributed by atoms with Crippen molar-refractivity contribution >= 4 is 33.4 Å². The van der Waals surface area contributed by atoms with Crippen LogP contribution in [0.3, 0.4) is 0 Å². The molecule has 0 saturated carbocycles. The third kappa shape index (κ3) is 4.28. The fraction of sp³-hybridized carbons (Fsp3) is 0.321. The number of hydrogen-bond donors (Lipinski definition) is 0. The first-order chi connectivity index (χ1) is 16.4. The number of carbonyl (C=O) groups excluding carboxylic acids is 1. The molecule has 0 bridgehead atoms. The molecule has 2 aromatic heterocycles. The smallest absolute Gasteiger partial charge is 0.347 e. The highest BCUT2D eigenvalue weighted by molar-refractivity contribution is 6.10. The molecule has 4 aromatic rings. The summed E-state index contributed by atoms with van der Waals surface area (Å²) in [7, 11) is 0. The van der Waals surface area contributed by atoms with E-state index in [0.717, 1.165) is 37.2 Å². The molecule has 0 aliphatic heterocycles. The largest absolute Gasteiger partial charge is 0.422 e. The maximum atomic E-state index is 13.2. The van der Waals surface area contributed by atoms with Crippen LogP contribution in [0, 0.1) is 0 Å². The standard InChI is InChI=1S/C28H29NO5/c1-5-17(6-2)18-9-10-19-13-22(27(31)33-24(19)15-18)26(30)23-14-20-11-12-21(29(7-3)8-4)16-25(20)34-28(23)32/h9-17H,5-8H2,1-4H3. The summed E-state index contributed by atoms with van der Waals surface area (Å²) in [5.41, 5.74) is 0.929. The number of ketones is 1. The fourth-order valence-corrected chi connectivity index (χ4v) is 4.49. The number of nitrogens with zero attached hydrogens (tertiary/aromatic N) is 1. The third-order valence-electron chi connectivity index (χ3n) is 6.55. The summed E-state index contributed by atoms with van der Waals surface area (Å²) in [5.74, 6) is -0.330. The van der Waals surface area contributed by atoms with Gasteiger partial charge in [-0.2, -0.15) is 0 Å². The quantitative estimate of drug-likeness (QED) is 0.242. The Labute approximate surface area is 197 Å². The van der Waals surface area contributed by atoms with Gasteiger partial charge < -0.3 is 13.7 Å². The summed E-state index contributed by atoms with van der Waals surface area (Å²) in [6.45, 7) is 9.98. The second kappa shape index (κ2) is 9.67. The Morgan fingerprint density at radius 1 is 0.765 bits per heavy atom. The van der Waals surface area contributed by atoms with Gasteiger partial charge in [0, 0.05) is 35.6 Å². The average molecular weight is 460 g/mol. The van der Waals surface area contributed by atoms with Gasteiger partial charge in [0.25, 0.3) is 0 Å². The first-order valence-electron chi connectivity index (χ1n) is 11.8. The van der Waals surface area contributed by atoms with Gasteiger partial charge in [0.05, 0.1) is 0 Å². The molecule has 176 valence electrons. The van der Waals surface area contributed by atoms with Crippen molar-refractivity contribution in [3.05, 3.63) is 86.1 Å². The lowest BCUT2D eigenvalue weighted by atomic mass is 9.93. The Balaban J connectivity index is 1.75. The van der Waals surface area contributed by atoms with Crippen molar-refractivity contribution < 1.29 is 13.6 Å². The van der Waals surface area contributed by atoms with Gasteiger partial charge >= 0.3 is 11.3 Å². The van der Waals surface area contributed by atoms with E-state index >= 15 is 0 Å². The SMILES string of the molecule is CCC(CC)c1ccc2cc(C(=O)c3cc4ccc(N(CC)CC)cc4oc3=O)c(=O)oc2c1. The molecule has 6 nitrogen and oxygen atoms in total. The maximum Gasteiger partial charge on any atom is 0.347 e. The number of carbonyl (C=O) groups is 1. The molecule has 0 atom stereocenters. The molecular formula is C28H29NO5. The van der Waals surface area contributed by atoms with E-state index in [2.05, 4.69) is 18.7 Å². The van der Waals surface area contributed by atoms with Crippen molar-refractivity contribution in [3.8, 4) is 0 Å². The van der Waals surface area contributed by atoms with Crippen molar-refractivity contribution in [2.24, 2.45) is 0 Å². The lowest BCUT2D eigenvalue weighted by molar-refractivity contribution is 0.103. The second-order valence-electron chi connectivity index (χ2n) is 8.43. The van der Waals surface area contributed by atoms with Crippen LogP contribution in [0.5, 0.6) is 0 Å². The minimum atomic E-state index is -0.780. The Morgan fingerprint density at radius 3 is 1.82 bits per heavy atom. The van der Waals surface area contributed by atoms with Gasteiger partial charge in [-0.15, -0.1) is 0 Å². The van der Waals surface area contributed by atoms with Crippen LogP contribution in [0.25, 0.3) is 21.9 Å². The highest BCUT2D eigenvalue weighted by atomic mass is 16.4. The number of anilines is 1. The molecule has 2 aromatic carbocycles. The molecule has 6 heteroatoms. The van der Waals surface area contributed by atoms with Gasteiger partial charge in [-0.05, 0) is 68.5 Å². The topological polar surface area (TPSA) is 80.7 Å². The van der Waals surface area contributed by atoms with E-state index in [1.165, 1.54) is 12.1 Å². The van der Waals surface area contributed by atoms with Crippen LogP contribution in [0.2, 0.25) is 0 Å². The van der Waals surface area contributed by atoms with Crippen LogP contribution in [0.4, 0.5) is 5.69 Å². The minimum Gasteiger partial charge on any atom is -0.422 e. The van der Waals surface area contributed by atoms with Crippen molar-refractivity contribution in [3.63, 3.8) is 0 Å². The zero-order valence-corrected chi connectivity index (χ0v) is 20.0. The van der Waals surface area contributed by atoms with E-state index in [1.807, 2.05) is 44.2 Å². The molecule has 0 radical (unpaired) electrons. The molecule has 4 rings (SSSR count). The van der Waals surface area contributed by atoms with Crippen LogP contribution in [-0.4, -0.2) is 18.9 Å². The number of fused-ring (bicyclic) bond motifs is 2. The molecule has 0 aliphatic rings. The molecule has 0 fully saturated rings. The first kappa shape index (κ1) is 23.5. The van der Waals surface area contributed by atoms with Crippen LogP contribution >= 0.6 is 0 Å². The van der Waals surface area contributed by atoms with Crippen LogP contribution < -0.4 is 16.2 Å². The highest BCUT2D eigenvalue weighted by Gasteiger charge is 2.21. The predicted molar refractivity (Wildman–Crippen MR) is 135 cm³/mol. The zero-order valence-electron chi connectivity index (χ0n) is 20.0. The first-order valence-corrected chi connectivity index (χ1v) is 11.8. The zero-order chi connectivity index (χ0) is 24.4. The van der Waals surface area contributed by atoms with Gasteiger partial charge in [-0.25, -0.2) is 9.59 Å². The van der Waals surface area contributed by atoms with Crippen molar-refractivity contribution in [1.29, 1.82) is 0 Å². The van der Waals surface area contributed by atoms with Gasteiger partial charge in [0.2, 0.25) is 5.78 Å². The molecule has 0 unspecified atom stereocenters. The van der Waals surface area contributed by atoms with Gasteiger partial charge in [0.1, 0.15) is 22.3 Å². The number of hydrogen-bond acceptors (Lipinski definition) is 6. The molecule has 0 aliphatic carbocycles. The van der Waals surface area contributed by atoms with E-state index in [9.17, 15) is 14.4 Å². The van der Waals surface area contributed by atoms with Crippen LogP contribution in [-0.2, 0) is 0 Å². The van der Waals surface area contributed by atoms with Crippen molar-refractivity contribution in [1.82, 2.24) is 0 Å². The van der Waals surface area contributed by atoms with Crippen molar-refractivity contribution in [2.75, 3.05) is 18.0 Å². The van der Waals surface area contributed by atoms with Crippen LogP contribution in [0.15, 0.2) is 67.0 Å². The predicted octanol–water partition coefficient (Wildman–Crippen LogP) is 5.88. The van der Waals surface area contributed by atoms with E-state index in [-0.39, 0.29) is 11.1 Å². The van der Waals surface area contributed by atoms with E-state index < -0.39 is 17.0 Å². The van der Waals surface area contributed by atoms with E-state index in [0.29, 0.717) is 27.9 Å². The Bertz CT molecular complexity index is 1360. The normalized spacial score (nSPS) is 11.4. The van der Waals surface area contributed by atoms with Gasteiger partial charge in [-0.1, -0.05) is 26.0 Å². The maximum absolute atomic E-state index is 13.2. The number of benzene rings is 2. The third-order valence-corrected chi connectivity index (χ3v) is 6.55. The molecule has 0 N–H and O–H groups in total. The molecular weight excluding hydrogens is 430 g/mol. The molecule has 2 heterocycles. The summed E-state index contributed by atoms with van der Waals surface area (Å²) < 4.78 is 11.0. The lowest BCUT2D eigenvalue weighted by Gasteiger charge is -2.20. The van der Waals surface area contributed by atoms with Gasteiger partial charge in [-0.3, -0.25) is 4.79 Å². The molecule has 0 spiro atoms. The highest BCUT2D eigenvalue weighted by Crippen LogP contribution is 2.27. The number of rotatable bonds is 8. The molecule has 34 heavy (non-hydrogen) atoms. The average Bonchev–Trinajstić information content (AvgIpc) is 2.84. The Kier molecular flexibility index (Phi) is 6.68. The van der Waals surface area contributed by atoms with Gasteiger partial charge in [0.15, 0.2) is 0 Å². The van der Waals surface area contributed by atoms with E-state index in [4.69, 9.17) is 8.83 Å². The molecule has 0 saturated heterocycles. The molecule has 0 amide bonds. The summed E-state index contributed by atoms with van der Waals surface area (Å²) in [6.07, 6.45) is 1.97. The summed E-state index contributed by atoms with van der Waals surface area (Å²) >= 11 is 0. The summed E-state index contributed by atoms with van der Waals surface area (Å²) in [6, 6.07) is 14.2. The Morgan fingerprint density at radius 2 is 1.29 bits per heavy atom. The van der Waals surface area contributed by atoms with E-state index in [1.54, 1.807) is 6.07 Å². The lowest BCUT2D eigenvalue weighted by Crippen LogP contribution is -2.22. The summed E-state index contributed by atoms with van der Waals surface area (Å²) in [5, 5.41) is 1.24. The fourth-order valence-electron chi connectivity index (χ4n) is 4.49. The Hall–Kier alpha value is -3.67. The van der Waals surface area contributed by atoms with Crippen LogP contribution in [0.1, 0.15) is 67.9 Å². The summed E-state index contributed by atoms with van der Waals surface area (Å²) in [4.78, 5) is 40.7. The monoisotopic (exact) mass is 459 g/mol. The minimum absolute atomic E-state index is 0.186.